The van der Waals surface area contributed by atoms with Crippen LogP contribution in [0.1, 0.15) is 160 Å². The summed E-state index contributed by atoms with van der Waals surface area (Å²) in [5.74, 6) is -5.38. The Labute approximate surface area is 575 Å². The third-order valence-corrected chi connectivity index (χ3v) is 17.7. The molecule has 0 unspecified atom stereocenters. The highest BCUT2D eigenvalue weighted by Crippen LogP contribution is 2.34. The maximum atomic E-state index is 15.3. The number of ether oxygens (including phenoxy) is 5. The minimum absolute atomic E-state index is 0.0230. The first-order valence-corrected chi connectivity index (χ1v) is 33.8. The van der Waals surface area contributed by atoms with Gasteiger partial charge in [0.1, 0.15) is 47.7 Å². The van der Waals surface area contributed by atoms with E-state index in [9.17, 15) is 47.9 Å². The van der Waals surface area contributed by atoms with Crippen molar-refractivity contribution in [3.8, 4) is 17.2 Å². The van der Waals surface area contributed by atoms with Gasteiger partial charge in [0, 0.05) is 70.5 Å². The topological polar surface area (TPSA) is 283 Å². The average molecular weight is 1350 g/mol. The number of hydrogen-bond acceptors (Lipinski definition) is 16. The van der Waals surface area contributed by atoms with Crippen molar-refractivity contribution in [2.45, 2.75) is 180 Å². The number of carbonyl (C=O) groups is 11. The van der Waals surface area contributed by atoms with Gasteiger partial charge < -0.3 is 59.2 Å². The number of anilines is 1. The Bertz CT molecular complexity index is 3530. The molecule has 2 fully saturated rings. The molecule has 4 aromatic rings. The smallest absolute Gasteiger partial charge is 0.344 e. The monoisotopic (exact) mass is 1350 g/mol. The molecule has 23 heteroatoms. The first kappa shape index (κ1) is 76.0. The van der Waals surface area contributed by atoms with Gasteiger partial charge in [0.2, 0.25) is 41.2 Å². The molecule has 0 radical (unpaired) electrons. The lowest BCUT2D eigenvalue weighted by atomic mass is 9.81. The minimum atomic E-state index is -1.39. The van der Waals surface area contributed by atoms with Crippen molar-refractivity contribution in [3.05, 3.63) is 131 Å². The molecule has 2 bridgehead atoms. The number of amides is 7. The number of allylic oxidation sites excluding steroid dienone is 1. The molecular weight excluding hydrogens is 1250 g/mol. The van der Waals surface area contributed by atoms with Crippen molar-refractivity contribution in [3.63, 3.8) is 0 Å². The summed E-state index contributed by atoms with van der Waals surface area (Å²) in [5.41, 5.74) is 0.519. The second kappa shape index (κ2) is 35.2. The summed E-state index contributed by atoms with van der Waals surface area (Å²) in [6, 6.07) is 21.3. The molecule has 7 rings (SSSR count). The summed E-state index contributed by atoms with van der Waals surface area (Å²) in [6.45, 7) is 12.3. The summed E-state index contributed by atoms with van der Waals surface area (Å²) in [4.78, 5) is 162. The normalized spacial score (nSPS) is 22.1. The van der Waals surface area contributed by atoms with Crippen LogP contribution in [0.25, 0.3) is 0 Å². The van der Waals surface area contributed by atoms with Gasteiger partial charge in [0.25, 0.3) is 5.91 Å². The fraction of sp³-hybridized carbons (Fsp3) is 0.507. The van der Waals surface area contributed by atoms with Gasteiger partial charge in [-0.05, 0) is 156 Å². The van der Waals surface area contributed by atoms with Gasteiger partial charge in [-0.15, -0.1) is 0 Å². The van der Waals surface area contributed by atoms with Crippen LogP contribution >= 0.6 is 0 Å². The van der Waals surface area contributed by atoms with Gasteiger partial charge in [-0.25, -0.2) is 9.59 Å². The van der Waals surface area contributed by atoms with E-state index < -0.39 is 100 Å². The quantitative estimate of drug-likeness (QED) is 0.0835. The van der Waals surface area contributed by atoms with Crippen LogP contribution in [0.5, 0.6) is 17.2 Å². The number of rotatable bonds is 13. The molecule has 0 aliphatic carbocycles. The number of nitrogens with one attached hydrogen (secondary N) is 3. The standard InChI is InChI=1S/C75H97N7O16/c1-48(2)43-59-70(90)79(8)40-17-15-25-54(83)38-39-75(6,7)67(87)72(92)82-41-18-16-26-58(82)73(93)97-60(34-30-50-31-35-61(94-10)62(45-50)95-11)52-23-19-24-53(46-52)76-63(84)36-37-64(85)78-66(51-21-13-12-14-22-51)68(88)77-56(69(89)81-42-20-27-57(81)71(91)80(59)9)44-49-28-32-55(33-29-49)96-47-65(86)98-74(3,4)5/h12-15,19,21-25,28-29,31-33,35,45-46,48,56-60,66H,16-18,20,26-27,30,34,36-44,47H2,1-11H3,(H,76,84)(H,77,88)(H,78,85)/t56-,57+,58-,59-,60+,66-/m0/s1. The second-order valence-corrected chi connectivity index (χ2v) is 27.4. The van der Waals surface area contributed by atoms with E-state index in [1.54, 1.807) is 133 Å². The SMILES string of the molecule is COc1ccc(CC[C@H]2OC(=O)[C@@H]3CCCCN3C(=O)C(=O)C(C)(C)CCC(=O)C=CCCN(C)C(=O)[C@H](CC(C)C)N(C)C(=O)[C@H]3CCCN3C(=O)[C@H](Cc3ccc(OCC(=O)OC(C)(C)C)cc3)NC(=O)[C@H](c3ccccc3)NC(=O)CCC(=O)Nc3cccc2c3)cc1OC. The average Bonchev–Trinajstić information content (AvgIpc) is 1.45. The molecule has 23 nitrogen and oxygen atoms in total. The van der Waals surface area contributed by atoms with Crippen molar-refractivity contribution in [2.24, 2.45) is 11.3 Å². The molecule has 3 heterocycles. The van der Waals surface area contributed by atoms with Crippen molar-refractivity contribution >= 4 is 70.5 Å². The molecule has 6 atom stereocenters. The fourth-order valence-corrected chi connectivity index (χ4v) is 12.3. The number of esters is 2. The molecule has 528 valence electrons. The number of ketones is 2. The molecule has 3 N–H and O–H groups in total. The van der Waals surface area contributed by atoms with Gasteiger partial charge >= 0.3 is 11.9 Å². The van der Waals surface area contributed by atoms with Gasteiger partial charge in [0.15, 0.2) is 23.9 Å². The van der Waals surface area contributed by atoms with E-state index >= 15 is 4.79 Å². The zero-order chi connectivity index (χ0) is 71.4. The summed E-state index contributed by atoms with van der Waals surface area (Å²) in [5, 5.41) is 8.55. The molecule has 2 saturated heterocycles. The number of carbonyl (C=O) groups excluding carboxylic acids is 11. The summed E-state index contributed by atoms with van der Waals surface area (Å²) >= 11 is 0. The molecule has 98 heavy (non-hydrogen) atoms. The number of cyclic esters (lactones) is 1. The summed E-state index contributed by atoms with van der Waals surface area (Å²) < 4.78 is 28.5. The van der Waals surface area contributed by atoms with Crippen LogP contribution in [0.2, 0.25) is 0 Å². The Morgan fingerprint density at radius 2 is 1.37 bits per heavy atom. The van der Waals surface area contributed by atoms with Crippen molar-refractivity contribution in [1.29, 1.82) is 0 Å². The Morgan fingerprint density at radius 3 is 2.06 bits per heavy atom. The molecular formula is C75H97N7O16. The molecule has 0 aromatic heterocycles. The molecule has 0 saturated carbocycles. The molecule has 0 spiro atoms. The van der Waals surface area contributed by atoms with Crippen LogP contribution in [0, 0.1) is 11.3 Å². The Hall–Kier alpha value is -9.41. The van der Waals surface area contributed by atoms with E-state index in [4.69, 9.17) is 23.7 Å². The second-order valence-electron chi connectivity index (χ2n) is 27.4. The van der Waals surface area contributed by atoms with E-state index in [1.807, 2.05) is 26.0 Å². The largest absolute Gasteiger partial charge is 0.493 e. The van der Waals surface area contributed by atoms with Crippen LogP contribution < -0.4 is 30.2 Å². The Balaban J connectivity index is 1.20. The Morgan fingerprint density at radius 1 is 0.694 bits per heavy atom. The lowest BCUT2D eigenvalue weighted by Crippen LogP contribution is -2.58. The zero-order valence-electron chi connectivity index (χ0n) is 58.5. The highest BCUT2D eigenvalue weighted by molar-refractivity contribution is 6.38. The molecule has 4 aromatic carbocycles. The summed E-state index contributed by atoms with van der Waals surface area (Å²) in [6.07, 6.45) is 4.36. The molecule has 7 amide bonds. The predicted molar refractivity (Wildman–Crippen MR) is 366 cm³/mol. The van der Waals surface area contributed by atoms with Gasteiger partial charge in [0.05, 0.1) is 14.2 Å². The predicted octanol–water partition coefficient (Wildman–Crippen LogP) is 8.55. The van der Waals surface area contributed by atoms with Crippen LogP contribution in [-0.2, 0) is 75.1 Å². The molecule has 3 aliphatic rings. The van der Waals surface area contributed by atoms with E-state index in [-0.39, 0.29) is 108 Å². The van der Waals surface area contributed by atoms with Gasteiger partial charge in [-0.3, -0.25) is 43.2 Å². The van der Waals surface area contributed by atoms with Crippen molar-refractivity contribution in [2.75, 3.05) is 59.9 Å². The first-order chi connectivity index (χ1) is 46.6. The Kier molecular flexibility index (Phi) is 27.3. The number of hydrogen-bond donors (Lipinski definition) is 3. The fourth-order valence-electron chi connectivity index (χ4n) is 12.3. The number of fused-ring (bicyclic) bond motifs is 4. The number of likely N-dealkylation sites (N-methyl/N-ethyl adjacent to an activating group) is 2. The van der Waals surface area contributed by atoms with Crippen molar-refractivity contribution < 1.29 is 76.4 Å². The summed E-state index contributed by atoms with van der Waals surface area (Å²) in [7, 11) is 6.19. The maximum Gasteiger partial charge on any atom is 0.344 e. The third kappa shape index (κ3) is 21.5. The van der Waals surface area contributed by atoms with E-state index in [0.717, 1.165) is 5.56 Å². The van der Waals surface area contributed by atoms with Crippen LogP contribution in [0.15, 0.2) is 109 Å². The van der Waals surface area contributed by atoms with Crippen molar-refractivity contribution in [1.82, 2.24) is 30.2 Å². The van der Waals surface area contributed by atoms with E-state index in [2.05, 4.69) is 16.0 Å². The minimum Gasteiger partial charge on any atom is -0.493 e. The van der Waals surface area contributed by atoms with Crippen LogP contribution in [0.3, 0.4) is 0 Å². The zero-order valence-corrected chi connectivity index (χ0v) is 58.5. The lowest BCUT2D eigenvalue weighted by molar-refractivity contribution is -0.164. The highest BCUT2D eigenvalue weighted by atomic mass is 16.6. The third-order valence-electron chi connectivity index (χ3n) is 17.7. The van der Waals surface area contributed by atoms with Gasteiger partial charge in [-0.1, -0.05) is 94.4 Å². The van der Waals surface area contributed by atoms with E-state index in [1.165, 1.54) is 46.9 Å². The van der Waals surface area contributed by atoms with E-state index in [0.29, 0.717) is 65.3 Å². The number of benzene rings is 4. The molecule has 3 aliphatic heterocycles. The van der Waals surface area contributed by atoms with Gasteiger partial charge in [-0.2, -0.15) is 0 Å². The van der Waals surface area contributed by atoms with Crippen LogP contribution in [-0.4, -0.2) is 169 Å². The maximum absolute atomic E-state index is 15.3. The highest BCUT2D eigenvalue weighted by Gasteiger charge is 2.44. The number of piperidine rings is 1. The number of Topliss-reactive ketones (excluding diaryl/α,β-unsaturated/α-hetero) is 1. The first-order valence-electron chi connectivity index (χ1n) is 33.8. The number of methoxy groups -OCH3 is 2. The van der Waals surface area contributed by atoms with Crippen LogP contribution in [0.4, 0.5) is 5.69 Å². The lowest BCUT2D eigenvalue weighted by Gasteiger charge is -2.36. The number of nitrogens with zero attached hydrogens (tertiary/aromatic N) is 4. The number of aryl methyl sites for hydroxylation is 1.